The molecule has 1 heterocycles. The molecule has 3 rings (SSSR count). The molecule has 0 bridgehead atoms. The fourth-order valence-corrected chi connectivity index (χ4v) is 5.87. The zero-order chi connectivity index (χ0) is 32.0. The predicted octanol–water partition coefficient (Wildman–Crippen LogP) is 7.09. The second-order valence-corrected chi connectivity index (χ2v) is 12.7. The van der Waals surface area contributed by atoms with Gasteiger partial charge in [-0.25, -0.2) is 0 Å². The Morgan fingerprint density at radius 3 is 2.33 bits per heavy atom. The van der Waals surface area contributed by atoms with Crippen molar-refractivity contribution in [2.45, 2.75) is 97.9 Å². The van der Waals surface area contributed by atoms with Crippen molar-refractivity contribution in [3.8, 4) is 0 Å². The van der Waals surface area contributed by atoms with Gasteiger partial charge in [-0.2, -0.15) is 13.2 Å². The Morgan fingerprint density at radius 1 is 1.16 bits per heavy atom. The number of hydrogen-bond acceptors (Lipinski definition) is 4. The number of amides is 2. The highest BCUT2D eigenvalue weighted by Crippen LogP contribution is 2.47. The van der Waals surface area contributed by atoms with Gasteiger partial charge in [0.05, 0.1) is 0 Å². The van der Waals surface area contributed by atoms with Crippen LogP contribution < -0.4 is 5.32 Å². The molecule has 2 N–H and O–H groups in total. The molecule has 43 heavy (non-hydrogen) atoms. The molecule has 0 aromatic heterocycles. The normalized spacial score (nSPS) is 22.3. The molecule has 1 fully saturated rings. The Balaban J connectivity index is 1.85. The van der Waals surface area contributed by atoms with Crippen LogP contribution in [0.15, 0.2) is 53.1 Å². The second-order valence-electron chi connectivity index (χ2n) is 12.7. The number of nitrogens with zero attached hydrogens (tertiary/aromatic N) is 2. The maximum atomic E-state index is 14.0. The zero-order valence-electron chi connectivity index (χ0n) is 25.8. The lowest BCUT2D eigenvalue weighted by molar-refractivity contribution is -0.137. The lowest BCUT2D eigenvalue weighted by Gasteiger charge is -2.45. The third kappa shape index (κ3) is 8.80. The van der Waals surface area contributed by atoms with E-state index < -0.39 is 29.3 Å². The number of nitrogens with one attached hydrogen (secondary N) is 1. The van der Waals surface area contributed by atoms with Crippen LogP contribution in [0.25, 0.3) is 0 Å². The van der Waals surface area contributed by atoms with Gasteiger partial charge < -0.3 is 15.3 Å². The van der Waals surface area contributed by atoms with Crippen LogP contribution in [0.3, 0.4) is 0 Å². The first kappa shape index (κ1) is 34.1. The van der Waals surface area contributed by atoms with Crippen molar-refractivity contribution in [2.24, 2.45) is 22.2 Å². The van der Waals surface area contributed by atoms with Gasteiger partial charge in [-0.15, -0.1) is 0 Å². The van der Waals surface area contributed by atoms with Crippen LogP contribution in [-0.2, 0) is 16.1 Å². The summed E-state index contributed by atoms with van der Waals surface area (Å²) in [7, 11) is 0. The molecule has 2 aliphatic rings. The average molecular weight is 604 g/mol. The summed E-state index contributed by atoms with van der Waals surface area (Å²) in [6.07, 6.45) is 3.62. The first-order chi connectivity index (χ1) is 20.1. The minimum absolute atomic E-state index is 0.0189. The number of aliphatic carboxylic acids is 1. The van der Waals surface area contributed by atoms with Gasteiger partial charge in [-0.1, -0.05) is 51.1 Å². The number of alkyl halides is 3. The van der Waals surface area contributed by atoms with Crippen LogP contribution in [0.1, 0.15) is 95.5 Å². The van der Waals surface area contributed by atoms with Gasteiger partial charge >= 0.3 is 12.1 Å². The number of hydrogen-bond donors (Lipinski definition) is 2. The quantitative estimate of drug-likeness (QED) is 0.208. The highest BCUT2D eigenvalue weighted by molar-refractivity contribution is 6.41. The van der Waals surface area contributed by atoms with E-state index in [4.69, 9.17) is 10.1 Å². The van der Waals surface area contributed by atoms with E-state index in [1.54, 1.807) is 48.2 Å². The van der Waals surface area contributed by atoms with Crippen molar-refractivity contribution in [3.63, 3.8) is 0 Å². The van der Waals surface area contributed by atoms with E-state index in [9.17, 15) is 27.6 Å². The molecular formula is C33H44F3N3O4. The van der Waals surface area contributed by atoms with E-state index in [-0.39, 0.29) is 48.9 Å². The van der Waals surface area contributed by atoms with Crippen LogP contribution in [0.2, 0.25) is 0 Å². The summed E-state index contributed by atoms with van der Waals surface area (Å²) in [4.78, 5) is 44.0. The highest BCUT2D eigenvalue weighted by Gasteiger charge is 2.50. The molecule has 1 aromatic rings. The number of halogens is 3. The van der Waals surface area contributed by atoms with Crippen molar-refractivity contribution < 1.29 is 32.7 Å². The lowest BCUT2D eigenvalue weighted by atomic mass is 9.69. The van der Waals surface area contributed by atoms with E-state index in [0.717, 1.165) is 31.4 Å². The molecule has 0 radical (unpaired) electrons. The molecule has 2 amide bonds. The van der Waals surface area contributed by atoms with Gasteiger partial charge in [0, 0.05) is 36.6 Å². The van der Waals surface area contributed by atoms with Gasteiger partial charge in [0.2, 0.25) is 0 Å². The Bertz CT molecular complexity index is 1250. The molecule has 1 aliphatic heterocycles. The second kappa shape index (κ2) is 13.9. The number of carbonyl (C=O) groups is 3. The number of aliphatic imine (C=N–C) groups is 1. The van der Waals surface area contributed by atoms with E-state index in [1.165, 1.54) is 0 Å². The van der Waals surface area contributed by atoms with Crippen molar-refractivity contribution in [1.29, 1.82) is 0 Å². The Morgan fingerprint density at radius 2 is 1.79 bits per heavy atom. The summed E-state index contributed by atoms with van der Waals surface area (Å²) in [5, 5.41) is 11.5. The average Bonchev–Trinajstić information content (AvgIpc) is 3.18. The van der Waals surface area contributed by atoms with Crippen LogP contribution in [0.4, 0.5) is 13.2 Å². The number of carbonyl (C=O) groups excluding carboxylic acids is 2. The highest BCUT2D eigenvalue weighted by atomic mass is 19.4. The maximum absolute atomic E-state index is 14.0. The van der Waals surface area contributed by atoms with Gasteiger partial charge in [-0.05, 0) is 81.4 Å². The van der Waals surface area contributed by atoms with E-state index >= 15 is 0 Å². The lowest BCUT2D eigenvalue weighted by Crippen LogP contribution is -2.49. The fraction of sp³-hybridized carbons (Fsp3) is 0.576. The summed E-state index contributed by atoms with van der Waals surface area (Å²) < 4.78 is 39.6. The summed E-state index contributed by atoms with van der Waals surface area (Å²) in [5.41, 5.74) is 0.159. The monoisotopic (exact) mass is 603 g/mol. The van der Waals surface area contributed by atoms with Crippen molar-refractivity contribution in [3.05, 3.63) is 59.2 Å². The minimum atomic E-state index is -4.43. The van der Waals surface area contributed by atoms with E-state index in [2.05, 4.69) is 26.1 Å². The van der Waals surface area contributed by atoms with E-state index in [1.807, 2.05) is 0 Å². The number of allylic oxidation sites excluding steroid dienone is 4. The van der Waals surface area contributed by atoms with E-state index in [0.29, 0.717) is 30.7 Å². The molecule has 1 saturated carbocycles. The summed E-state index contributed by atoms with van der Waals surface area (Å²) in [6.45, 7) is 9.95. The first-order valence-electron chi connectivity index (χ1n) is 14.9. The standard InChI is InChI=1S/C33H44F3N3O4/c1-6-8-24(13-10-22(2)33(34,35)36)28-30(43)39(32(38-28)18-16-26(17-19-32)31(3,4)5)21-23-11-14-25(15-12-23)29(42)37-20-7-9-27(40)41/h6,8,10-12,14-15,24,26H,7,9,13,16-21H2,1-5H3,(H,37,42)(H,40,41)/b8-6-,22-10+. The van der Waals surface area contributed by atoms with Crippen LogP contribution in [0.5, 0.6) is 0 Å². The van der Waals surface area contributed by atoms with Gasteiger partial charge in [0.25, 0.3) is 11.8 Å². The van der Waals surface area contributed by atoms with Gasteiger partial charge in [0.1, 0.15) is 11.4 Å². The van der Waals surface area contributed by atoms with Crippen LogP contribution in [-0.4, -0.2) is 51.9 Å². The van der Waals surface area contributed by atoms with Gasteiger partial charge in [-0.3, -0.25) is 19.4 Å². The van der Waals surface area contributed by atoms with Crippen molar-refractivity contribution in [2.75, 3.05) is 6.54 Å². The van der Waals surface area contributed by atoms with Crippen LogP contribution in [0, 0.1) is 17.3 Å². The third-order valence-electron chi connectivity index (χ3n) is 8.62. The van der Waals surface area contributed by atoms with Crippen molar-refractivity contribution in [1.82, 2.24) is 10.2 Å². The predicted molar refractivity (Wildman–Crippen MR) is 161 cm³/mol. The fourth-order valence-electron chi connectivity index (χ4n) is 5.87. The number of carboxylic acid groups (broad SMARTS) is 1. The summed E-state index contributed by atoms with van der Waals surface area (Å²) >= 11 is 0. The molecule has 0 saturated heterocycles. The minimum Gasteiger partial charge on any atom is -0.481 e. The van der Waals surface area contributed by atoms with Crippen molar-refractivity contribution >= 4 is 23.5 Å². The van der Waals surface area contributed by atoms with Crippen LogP contribution >= 0.6 is 0 Å². The summed E-state index contributed by atoms with van der Waals surface area (Å²) in [5.74, 6) is -1.61. The Labute approximate surface area is 252 Å². The molecular weight excluding hydrogens is 559 g/mol. The summed E-state index contributed by atoms with van der Waals surface area (Å²) in [6, 6.07) is 6.90. The molecule has 1 aromatic carbocycles. The topological polar surface area (TPSA) is 99.1 Å². The maximum Gasteiger partial charge on any atom is 0.412 e. The third-order valence-corrected chi connectivity index (χ3v) is 8.62. The smallest absolute Gasteiger partial charge is 0.412 e. The molecule has 1 spiro atoms. The first-order valence-corrected chi connectivity index (χ1v) is 14.9. The Kier molecular flexibility index (Phi) is 11.0. The van der Waals surface area contributed by atoms with Gasteiger partial charge in [0.15, 0.2) is 0 Å². The number of rotatable bonds is 11. The SMILES string of the molecule is C/C=C\C(C/C=C(\C)C(F)(F)F)C1=NC2(CCC(C(C)(C)C)CC2)N(Cc2ccc(C(=O)NCCCC(=O)O)cc2)C1=O. The molecule has 1 unspecified atom stereocenters. The zero-order valence-corrected chi connectivity index (χ0v) is 25.8. The Hall–Kier alpha value is -3.43. The molecule has 1 atom stereocenters. The molecule has 7 nitrogen and oxygen atoms in total. The molecule has 1 aliphatic carbocycles. The molecule has 10 heteroatoms. The molecule has 236 valence electrons. The number of benzene rings is 1. The number of carboxylic acids is 1. The largest absolute Gasteiger partial charge is 0.481 e.